The van der Waals surface area contributed by atoms with E-state index in [-0.39, 0.29) is 6.42 Å². The summed E-state index contributed by atoms with van der Waals surface area (Å²) < 4.78 is 11.1. The first-order chi connectivity index (χ1) is 7.70. The summed E-state index contributed by atoms with van der Waals surface area (Å²) in [6, 6.07) is 0. The second kappa shape index (κ2) is 6.54. The smallest absolute Gasteiger partial charge is 0.333 e. The number of allylic oxidation sites excluding steroid dienone is 2. The molecule has 2 atom stereocenters. The fraction of sp³-hybridized carbons (Fsp3) is 0.556. The average Bonchev–Trinajstić information content (AvgIpc) is 2.14. The van der Waals surface area contributed by atoms with Crippen molar-refractivity contribution >= 4 is 19.5 Å². The summed E-state index contributed by atoms with van der Waals surface area (Å²) in [5.41, 5.74) is -1.50. The van der Waals surface area contributed by atoms with Crippen LogP contribution in [0.3, 0.4) is 0 Å². The van der Waals surface area contributed by atoms with Crippen molar-refractivity contribution in [2.24, 2.45) is 5.92 Å². The summed E-state index contributed by atoms with van der Waals surface area (Å²) in [7, 11) is -4.62. The number of hydrogen-bond acceptors (Lipinski definition) is 3. The highest BCUT2D eigenvalue weighted by Crippen LogP contribution is 2.47. The largest absolute Gasteiger partial charge is 0.481 e. The lowest BCUT2D eigenvalue weighted by atomic mass is 9.99. The van der Waals surface area contributed by atoms with Gasteiger partial charge in [0.2, 0.25) is 0 Å². The molecule has 0 spiro atoms. The summed E-state index contributed by atoms with van der Waals surface area (Å²) in [5, 5.41) is 17.3. The molecule has 8 heteroatoms. The van der Waals surface area contributed by atoms with E-state index < -0.39 is 37.5 Å². The van der Waals surface area contributed by atoms with Crippen LogP contribution in [0.1, 0.15) is 19.8 Å². The second-order valence-electron chi connectivity index (χ2n) is 3.48. The third-order valence-corrected chi connectivity index (χ3v) is 3.49. The van der Waals surface area contributed by atoms with Crippen LogP contribution in [0.25, 0.3) is 0 Å². The lowest BCUT2D eigenvalue weighted by molar-refractivity contribution is -0.142. The summed E-state index contributed by atoms with van der Waals surface area (Å²) in [5.74, 6) is -4.04. The molecule has 0 aromatic carbocycles. The van der Waals surface area contributed by atoms with Gasteiger partial charge in [0.25, 0.3) is 0 Å². The monoisotopic (exact) mass is 266 g/mol. The van der Waals surface area contributed by atoms with E-state index in [0.717, 1.165) is 6.08 Å². The van der Waals surface area contributed by atoms with E-state index in [0.29, 0.717) is 0 Å². The van der Waals surface area contributed by atoms with E-state index in [4.69, 9.17) is 20.0 Å². The first kappa shape index (κ1) is 15.8. The summed E-state index contributed by atoms with van der Waals surface area (Å²) in [6.45, 7) is 1.50. The van der Waals surface area contributed by atoms with Gasteiger partial charge in [0.15, 0.2) is 0 Å². The minimum atomic E-state index is -4.62. The van der Waals surface area contributed by atoms with E-state index in [1.54, 1.807) is 0 Å². The molecule has 0 aromatic rings. The highest BCUT2D eigenvalue weighted by atomic mass is 31.2. The first-order valence-corrected chi connectivity index (χ1v) is 6.51. The van der Waals surface area contributed by atoms with E-state index >= 15 is 0 Å². The van der Waals surface area contributed by atoms with E-state index in [2.05, 4.69) is 0 Å². The van der Waals surface area contributed by atoms with Crippen molar-refractivity contribution in [2.45, 2.75) is 25.4 Å². The summed E-state index contributed by atoms with van der Waals surface area (Å²) in [6.07, 6.45) is 1.65. The standard InChI is InChI=1S/C9H15O7P/c1-2-3-7(17(14,15)16)6(9(12)13)4-5-8(10)11/h2-3,6-7H,4-5H2,1H3,(H,10,11)(H,12,13)(H2,14,15,16)/b3-2+. The molecule has 0 saturated heterocycles. The van der Waals surface area contributed by atoms with Gasteiger partial charge in [-0.15, -0.1) is 0 Å². The molecule has 0 fully saturated rings. The molecule has 0 aliphatic heterocycles. The minimum absolute atomic E-state index is 0.329. The molecule has 0 radical (unpaired) electrons. The van der Waals surface area contributed by atoms with Crippen LogP contribution in [-0.2, 0) is 14.2 Å². The highest BCUT2D eigenvalue weighted by molar-refractivity contribution is 7.52. The van der Waals surface area contributed by atoms with Crippen molar-refractivity contribution in [3.63, 3.8) is 0 Å². The van der Waals surface area contributed by atoms with Crippen LogP contribution in [-0.4, -0.2) is 37.6 Å². The Balaban J connectivity index is 5.04. The van der Waals surface area contributed by atoms with Gasteiger partial charge in [0, 0.05) is 6.42 Å². The normalized spacial score (nSPS) is 15.7. The Morgan fingerprint density at radius 1 is 1.29 bits per heavy atom. The van der Waals surface area contributed by atoms with Crippen molar-refractivity contribution in [1.82, 2.24) is 0 Å². The Bertz CT molecular complexity index is 356. The van der Waals surface area contributed by atoms with Gasteiger partial charge >= 0.3 is 19.5 Å². The first-order valence-electron chi connectivity index (χ1n) is 4.82. The lowest BCUT2D eigenvalue weighted by Crippen LogP contribution is -2.27. The molecule has 0 heterocycles. The summed E-state index contributed by atoms with van der Waals surface area (Å²) in [4.78, 5) is 39.3. The van der Waals surface area contributed by atoms with E-state index in [9.17, 15) is 14.2 Å². The molecule has 0 saturated carbocycles. The molecule has 0 aromatic heterocycles. The van der Waals surface area contributed by atoms with Gasteiger partial charge in [-0.2, -0.15) is 0 Å². The predicted octanol–water partition coefficient (Wildman–Crippen LogP) is 0.674. The quantitative estimate of drug-likeness (QED) is 0.393. The minimum Gasteiger partial charge on any atom is -0.481 e. The van der Waals surface area contributed by atoms with Crippen LogP contribution in [0.5, 0.6) is 0 Å². The van der Waals surface area contributed by atoms with Crippen molar-refractivity contribution in [1.29, 1.82) is 0 Å². The van der Waals surface area contributed by atoms with Gasteiger partial charge in [-0.25, -0.2) is 0 Å². The van der Waals surface area contributed by atoms with Crippen LogP contribution in [0, 0.1) is 5.92 Å². The molecule has 0 aliphatic carbocycles. The lowest BCUT2D eigenvalue weighted by Gasteiger charge is -2.21. The zero-order valence-electron chi connectivity index (χ0n) is 9.18. The SMILES string of the molecule is C/C=C/C(C(CCC(=O)O)C(=O)O)P(=O)(O)O. The number of carboxylic acid groups (broad SMARTS) is 2. The third-order valence-electron chi connectivity index (χ3n) is 2.18. The number of carboxylic acids is 2. The molecule has 2 unspecified atom stereocenters. The number of aliphatic carboxylic acids is 2. The molecule has 98 valence electrons. The Kier molecular flexibility index (Phi) is 6.09. The van der Waals surface area contributed by atoms with Gasteiger partial charge in [-0.3, -0.25) is 14.2 Å². The van der Waals surface area contributed by atoms with Gasteiger partial charge < -0.3 is 20.0 Å². The van der Waals surface area contributed by atoms with E-state index in [1.165, 1.54) is 13.0 Å². The maximum atomic E-state index is 11.1. The Morgan fingerprint density at radius 3 is 2.12 bits per heavy atom. The molecule has 4 N–H and O–H groups in total. The van der Waals surface area contributed by atoms with Crippen LogP contribution in [0.2, 0.25) is 0 Å². The topological polar surface area (TPSA) is 132 Å². The van der Waals surface area contributed by atoms with Crippen molar-refractivity contribution < 1.29 is 34.2 Å². The van der Waals surface area contributed by atoms with Gasteiger partial charge in [0.05, 0.1) is 11.6 Å². The Hall–Kier alpha value is -1.17. The Labute approximate surface area is 97.9 Å². The maximum Gasteiger partial charge on any atom is 0.333 e. The molecule has 17 heavy (non-hydrogen) atoms. The second-order valence-corrected chi connectivity index (χ2v) is 5.26. The fourth-order valence-electron chi connectivity index (χ4n) is 1.40. The molecule has 0 amide bonds. The molecular weight excluding hydrogens is 251 g/mol. The van der Waals surface area contributed by atoms with Crippen LogP contribution in [0.15, 0.2) is 12.2 Å². The molecule has 0 aliphatic rings. The number of rotatable bonds is 7. The van der Waals surface area contributed by atoms with Crippen molar-refractivity contribution in [3.05, 3.63) is 12.2 Å². The van der Waals surface area contributed by atoms with Crippen LogP contribution < -0.4 is 0 Å². The van der Waals surface area contributed by atoms with Gasteiger partial charge in [0.1, 0.15) is 0 Å². The molecule has 0 bridgehead atoms. The molecular formula is C9H15O7P. The molecule has 0 rings (SSSR count). The molecule has 7 nitrogen and oxygen atoms in total. The van der Waals surface area contributed by atoms with Crippen molar-refractivity contribution in [3.8, 4) is 0 Å². The van der Waals surface area contributed by atoms with Gasteiger partial charge in [-0.05, 0) is 13.3 Å². The number of hydrogen-bond donors (Lipinski definition) is 4. The van der Waals surface area contributed by atoms with Crippen LogP contribution in [0.4, 0.5) is 0 Å². The van der Waals surface area contributed by atoms with Gasteiger partial charge in [-0.1, -0.05) is 12.2 Å². The van der Waals surface area contributed by atoms with Crippen LogP contribution >= 0.6 is 7.60 Å². The average molecular weight is 266 g/mol. The fourth-order valence-corrected chi connectivity index (χ4v) is 2.54. The Morgan fingerprint density at radius 2 is 1.82 bits per heavy atom. The zero-order chi connectivity index (χ0) is 13.6. The summed E-state index contributed by atoms with van der Waals surface area (Å²) >= 11 is 0. The number of carbonyl (C=O) groups is 2. The highest BCUT2D eigenvalue weighted by Gasteiger charge is 2.38. The van der Waals surface area contributed by atoms with Crippen molar-refractivity contribution in [2.75, 3.05) is 0 Å². The predicted molar refractivity (Wildman–Crippen MR) is 58.6 cm³/mol. The zero-order valence-corrected chi connectivity index (χ0v) is 10.1. The maximum absolute atomic E-state index is 11.1. The van der Waals surface area contributed by atoms with E-state index in [1.807, 2.05) is 0 Å². The third kappa shape index (κ3) is 5.63.